The fourth-order valence-electron chi connectivity index (χ4n) is 2.01. The van der Waals surface area contributed by atoms with Gasteiger partial charge in [0.1, 0.15) is 11.6 Å². The third-order valence-electron chi connectivity index (χ3n) is 3.25. The van der Waals surface area contributed by atoms with Crippen LogP contribution in [0.15, 0.2) is 54.6 Å². The molecule has 0 spiro atoms. The van der Waals surface area contributed by atoms with Crippen LogP contribution in [0.3, 0.4) is 0 Å². The molecule has 0 fully saturated rings. The van der Waals surface area contributed by atoms with Gasteiger partial charge in [-0.3, -0.25) is 9.36 Å². The van der Waals surface area contributed by atoms with Crippen LogP contribution >= 0.6 is 7.37 Å². The van der Waals surface area contributed by atoms with Gasteiger partial charge in [0.15, 0.2) is 0 Å². The summed E-state index contributed by atoms with van der Waals surface area (Å²) in [5.74, 6) is -1.72. The first-order valence-corrected chi connectivity index (χ1v) is 8.94. The normalized spacial score (nSPS) is 14.9. The minimum Gasteiger partial charge on any atom is -0.343 e. The molecule has 0 saturated carbocycles. The molecule has 2 aromatic rings. The number of carbonyl (C=O) groups is 1. The van der Waals surface area contributed by atoms with Gasteiger partial charge in [-0.25, -0.2) is 4.39 Å². The van der Waals surface area contributed by atoms with Gasteiger partial charge in [0.25, 0.3) is 5.91 Å². The molecule has 22 heavy (non-hydrogen) atoms. The second-order valence-corrected chi connectivity index (χ2v) is 7.64. The first kappa shape index (κ1) is 16.4. The van der Waals surface area contributed by atoms with E-state index in [1.165, 1.54) is 30.9 Å². The molecule has 6 heteroatoms. The minimum absolute atomic E-state index is 0.156. The Balaban J connectivity index is 2.15. The Morgan fingerprint density at radius 1 is 1.18 bits per heavy atom. The maximum absolute atomic E-state index is 12.9. The fraction of sp³-hybridized carbons (Fsp3) is 0.188. The van der Waals surface area contributed by atoms with Gasteiger partial charge in [-0.2, -0.15) is 0 Å². The van der Waals surface area contributed by atoms with Crippen molar-refractivity contribution in [3.8, 4) is 0 Å². The van der Waals surface area contributed by atoms with Crippen molar-refractivity contribution >= 4 is 13.3 Å². The van der Waals surface area contributed by atoms with Gasteiger partial charge in [0.2, 0.25) is 7.37 Å². The van der Waals surface area contributed by atoms with E-state index in [0.29, 0.717) is 11.1 Å². The van der Waals surface area contributed by atoms with Crippen molar-refractivity contribution in [2.75, 3.05) is 6.66 Å². The molecule has 1 unspecified atom stereocenters. The first-order valence-electron chi connectivity index (χ1n) is 6.76. The largest absolute Gasteiger partial charge is 0.343 e. The van der Waals surface area contributed by atoms with Crippen molar-refractivity contribution in [1.82, 2.24) is 5.32 Å². The van der Waals surface area contributed by atoms with Crippen LogP contribution in [0.5, 0.6) is 0 Å². The van der Waals surface area contributed by atoms with E-state index in [1.54, 1.807) is 30.3 Å². The smallest absolute Gasteiger partial charge is 0.251 e. The van der Waals surface area contributed by atoms with Crippen molar-refractivity contribution in [3.63, 3.8) is 0 Å². The van der Waals surface area contributed by atoms with Crippen molar-refractivity contribution in [2.24, 2.45) is 0 Å². The average Bonchev–Trinajstić information content (AvgIpc) is 2.48. The number of carbonyl (C=O) groups excluding carboxylic acids is 1. The SMILES string of the molecule is CP(=O)(O)[C@@H](Cc1ccc(F)cc1)NC(=O)c1ccccc1. The van der Waals surface area contributed by atoms with Gasteiger partial charge in [0, 0.05) is 18.6 Å². The van der Waals surface area contributed by atoms with Crippen molar-refractivity contribution in [2.45, 2.75) is 12.2 Å². The van der Waals surface area contributed by atoms with Crippen LogP contribution < -0.4 is 5.32 Å². The molecular formula is C16H17FNO3P. The number of amides is 1. The quantitative estimate of drug-likeness (QED) is 0.832. The predicted octanol–water partition coefficient (Wildman–Crippen LogP) is 3.02. The third-order valence-corrected chi connectivity index (χ3v) is 4.72. The van der Waals surface area contributed by atoms with E-state index in [9.17, 15) is 18.6 Å². The zero-order valence-corrected chi connectivity index (χ0v) is 13.0. The molecule has 0 aromatic heterocycles. The Bertz CT molecular complexity index is 682. The number of rotatable bonds is 5. The minimum atomic E-state index is -3.55. The third kappa shape index (κ3) is 4.52. The molecule has 0 saturated heterocycles. The van der Waals surface area contributed by atoms with E-state index < -0.39 is 19.1 Å². The number of halogens is 1. The molecule has 0 aliphatic rings. The lowest BCUT2D eigenvalue weighted by Crippen LogP contribution is -2.36. The maximum atomic E-state index is 12.9. The van der Waals surface area contributed by atoms with Gasteiger partial charge in [-0.05, 0) is 29.8 Å². The summed E-state index contributed by atoms with van der Waals surface area (Å²) in [7, 11) is -3.55. The lowest BCUT2D eigenvalue weighted by atomic mass is 10.1. The summed E-state index contributed by atoms with van der Waals surface area (Å²) >= 11 is 0. The van der Waals surface area contributed by atoms with E-state index in [0.717, 1.165) is 0 Å². The molecule has 0 heterocycles. The van der Waals surface area contributed by atoms with E-state index in [1.807, 2.05) is 0 Å². The number of hydrogen-bond acceptors (Lipinski definition) is 2. The summed E-state index contributed by atoms with van der Waals surface area (Å²) in [4.78, 5) is 22.0. The topological polar surface area (TPSA) is 66.4 Å². The van der Waals surface area contributed by atoms with Crippen LogP contribution in [0.4, 0.5) is 4.39 Å². The zero-order valence-electron chi connectivity index (χ0n) is 12.1. The Kier molecular flexibility index (Phi) is 5.11. The summed E-state index contributed by atoms with van der Waals surface area (Å²) in [6.45, 7) is 1.20. The van der Waals surface area contributed by atoms with Crippen molar-refractivity contribution in [3.05, 3.63) is 71.5 Å². The molecule has 2 N–H and O–H groups in total. The Hall–Kier alpha value is -1.97. The Morgan fingerprint density at radius 2 is 1.77 bits per heavy atom. The Morgan fingerprint density at radius 3 is 2.32 bits per heavy atom. The standard InChI is InChI=1S/C16H17FNO3P/c1-22(20,21)15(11-12-7-9-14(17)10-8-12)18-16(19)13-5-3-2-4-6-13/h2-10,15H,11H2,1H3,(H,18,19)(H,20,21)/t15-/m0/s1. The van der Waals surface area contributed by atoms with Crippen molar-refractivity contribution in [1.29, 1.82) is 0 Å². The highest BCUT2D eigenvalue weighted by Crippen LogP contribution is 2.42. The average molecular weight is 321 g/mol. The van der Waals surface area contributed by atoms with Gasteiger partial charge in [-0.1, -0.05) is 30.3 Å². The van der Waals surface area contributed by atoms with Gasteiger partial charge >= 0.3 is 0 Å². The summed E-state index contributed by atoms with van der Waals surface area (Å²) in [6, 6.07) is 14.1. The summed E-state index contributed by atoms with van der Waals surface area (Å²) in [5, 5.41) is 2.59. The zero-order chi connectivity index (χ0) is 16.2. The van der Waals surface area contributed by atoms with E-state index in [-0.39, 0.29) is 12.2 Å². The highest BCUT2D eigenvalue weighted by molar-refractivity contribution is 7.57. The molecule has 0 aliphatic carbocycles. The molecular weight excluding hydrogens is 304 g/mol. The van der Waals surface area contributed by atoms with Gasteiger partial charge < -0.3 is 10.2 Å². The second-order valence-electron chi connectivity index (χ2n) is 5.13. The molecule has 2 aromatic carbocycles. The maximum Gasteiger partial charge on any atom is 0.251 e. The molecule has 4 nitrogen and oxygen atoms in total. The molecule has 1 amide bonds. The summed E-state index contributed by atoms with van der Waals surface area (Å²) in [5.41, 5.74) is 1.09. The number of benzene rings is 2. The molecule has 2 rings (SSSR count). The van der Waals surface area contributed by atoms with Crippen LogP contribution in [0.2, 0.25) is 0 Å². The monoisotopic (exact) mass is 321 g/mol. The highest BCUT2D eigenvalue weighted by atomic mass is 31.2. The molecule has 0 bridgehead atoms. The van der Waals surface area contributed by atoms with E-state index in [4.69, 9.17) is 0 Å². The molecule has 116 valence electrons. The van der Waals surface area contributed by atoms with Gasteiger partial charge in [-0.15, -0.1) is 0 Å². The van der Waals surface area contributed by atoms with Gasteiger partial charge in [0.05, 0.1) is 0 Å². The second kappa shape index (κ2) is 6.86. The predicted molar refractivity (Wildman–Crippen MR) is 83.5 cm³/mol. The molecule has 2 atom stereocenters. The first-order chi connectivity index (χ1) is 10.4. The lowest BCUT2D eigenvalue weighted by Gasteiger charge is -2.21. The van der Waals surface area contributed by atoms with E-state index in [2.05, 4.69) is 5.32 Å². The molecule has 0 aliphatic heterocycles. The summed E-state index contributed by atoms with van der Waals surface area (Å²) in [6.07, 6.45) is 0.156. The van der Waals surface area contributed by atoms with Crippen LogP contribution in [0.25, 0.3) is 0 Å². The molecule has 0 radical (unpaired) electrons. The van der Waals surface area contributed by atoms with E-state index >= 15 is 0 Å². The fourth-order valence-corrected chi connectivity index (χ4v) is 2.91. The highest BCUT2D eigenvalue weighted by Gasteiger charge is 2.28. The van der Waals surface area contributed by atoms with Crippen molar-refractivity contribution < 1.29 is 18.6 Å². The van der Waals surface area contributed by atoms with Crippen LogP contribution in [-0.2, 0) is 11.0 Å². The number of nitrogens with one attached hydrogen (secondary N) is 1. The number of hydrogen-bond donors (Lipinski definition) is 2. The summed E-state index contributed by atoms with van der Waals surface area (Å²) < 4.78 is 24.9. The Labute approximate surface area is 128 Å². The van der Waals surface area contributed by atoms with Crippen LogP contribution in [-0.4, -0.2) is 23.2 Å². The van der Waals surface area contributed by atoms with Crippen LogP contribution in [0, 0.1) is 5.82 Å². The van der Waals surface area contributed by atoms with Crippen LogP contribution in [0.1, 0.15) is 15.9 Å². The lowest BCUT2D eigenvalue weighted by molar-refractivity contribution is 0.0946.